The first-order valence-corrected chi connectivity index (χ1v) is 9.69. The van der Waals surface area contributed by atoms with E-state index in [1.807, 2.05) is 31.2 Å². The summed E-state index contributed by atoms with van der Waals surface area (Å²) in [5.41, 5.74) is 2.98. The van der Waals surface area contributed by atoms with Gasteiger partial charge in [-0.3, -0.25) is 14.4 Å². The van der Waals surface area contributed by atoms with Crippen LogP contribution >= 0.6 is 0 Å². The van der Waals surface area contributed by atoms with E-state index in [1.54, 1.807) is 24.3 Å². The highest BCUT2D eigenvalue weighted by Gasteiger charge is 2.11. The number of hydrogen-bond donors (Lipinski definition) is 2. The second kappa shape index (κ2) is 10.4. The van der Waals surface area contributed by atoms with Crippen molar-refractivity contribution in [3.63, 3.8) is 0 Å². The lowest BCUT2D eigenvalue weighted by molar-refractivity contribution is -0.116. The molecule has 0 unspecified atom stereocenters. The standard InChI is InChI=1S/C23H28N2O3/c1-4-24-23(28)19-9-11-20(12-10-19)25-22(27)14-13-21(26)18-7-5-17(6-8-18)15-16(2)3/h5-12,16H,4,13-15H2,1-3H3,(H,24,28)(H,25,27). The Hall–Kier alpha value is -2.95. The van der Waals surface area contributed by atoms with Crippen LogP contribution in [0.3, 0.4) is 0 Å². The smallest absolute Gasteiger partial charge is 0.251 e. The number of Topliss-reactive ketones (excluding diaryl/α,β-unsaturated/α-hetero) is 1. The molecule has 0 fully saturated rings. The summed E-state index contributed by atoms with van der Waals surface area (Å²) in [6, 6.07) is 14.3. The van der Waals surface area contributed by atoms with Gasteiger partial charge in [-0.05, 0) is 49.1 Å². The van der Waals surface area contributed by atoms with Crippen LogP contribution in [0.4, 0.5) is 5.69 Å². The fraction of sp³-hybridized carbons (Fsp3) is 0.348. The van der Waals surface area contributed by atoms with Gasteiger partial charge in [-0.15, -0.1) is 0 Å². The molecule has 2 aromatic rings. The Morgan fingerprint density at radius 3 is 2.04 bits per heavy atom. The van der Waals surface area contributed by atoms with Crippen molar-refractivity contribution in [1.82, 2.24) is 5.32 Å². The molecule has 0 aliphatic carbocycles. The van der Waals surface area contributed by atoms with Crippen molar-refractivity contribution in [2.75, 3.05) is 11.9 Å². The van der Waals surface area contributed by atoms with Crippen LogP contribution in [0.5, 0.6) is 0 Å². The van der Waals surface area contributed by atoms with E-state index in [0.717, 1.165) is 6.42 Å². The summed E-state index contributed by atoms with van der Waals surface area (Å²) in [5, 5.41) is 5.47. The molecular formula is C23H28N2O3. The van der Waals surface area contributed by atoms with Gasteiger partial charge in [0.05, 0.1) is 0 Å². The molecule has 0 bridgehead atoms. The van der Waals surface area contributed by atoms with Crippen LogP contribution in [0.2, 0.25) is 0 Å². The van der Waals surface area contributed by atoms with Gasteiger partial charge in [0.2, 0.25) is 5.91 Å². The summed E-state index contributed by atoms with van der Waals surface area (Å²) in [6.45, 7) is 6.73. The highest BCUT2D eigenvalue weighted by molar-refractivity contribution is 6.00. The minimum Gasteiger partial charge on any atom is -0.352 e. The fourth-order valence-electron chi connectivity index (χ4n) is 2.86. The Labute approximate surface area is 166 Å². The second-order valence-electron chi connectivity index (χ2n) is 7.20. The van der Waals surface area contributed by atoms with E-state index in [1.165, 1.54) is 5.56 Å². The average molecular weight is 380 g/mol. The van der Waals surface area contributed by atoms with Crippen molar-refractivity contribution in [1.29, 1.82) is 0 Å². The molecule has 0 saturated heterocycles. The van der Waals surface area contributed by atoms with Crippen molar-refractivity contribution >= 4 is 23.3 Å². The summed E-state index contributed by atoms with van der Waals surface area (Å²) >= 11 is 0. The number of benzene rings is 2. The number of amides is 2. The molecule has 0 saturated carbocycles. The molecule has 0 aromatic heterocycles. The van der Waals surface area contributed by atoms with Gasteiger partial charge >= 0.3 is 0 Å². The third-order valence-electron chi connectivity index (χ3n) is 4.27. The maximum absolute atomic E-state index is 12.3. The molecule has 5 nitrogen and oxygen atoms in total. The maximum atomic E-state index is 12.3. The van der Waals surface area contributed by atoms with E-state index in [0.29, 0.717) is 29.3 Å². The molecular weight excluding hydrogens is 352 g/mol. The lowest BCUT2D eigenvalue weighted by Gasteiger charge is -2.08. The Bertz CT molecular complexity index is 809. The van der Waals surface area contributed by atoms with Crippen molar-refractivity contribution in [3.8, 4) is 0 Å². The molecule has 28 heavy (non-hydrogen) atoms. The molecule has 2 aromatic carbocycles. The number of ketones is 1. The average Bonchev–Trinajstić information content (AvgIpc) is 2.67. The quantitative estimate of drug-likeness (QED) is 0.639. The van der Waals surface area contributed by atoms with Gasteiger partial charge in [0.1, 0.15) is 0 Å². The third-order valence-corrected chi connectivity index (χ3v) is 4.27. The zero-order valence-corrected chi connectivity index (χ0v) is 16.7. The second-order valence-corrected chi connectivity index (χ2v) is 7.20. The third kappa shape index (κ3) is 6.65. The topological polar surface area (TPSA) is 75.3 Å². The largest absolute Gasteiger partial charge is 0.352 e. The number of rotatable bonds is 9. The summed E-state index contributed by atoms with van der Waals surface area (Å²) in [5.74, 6) is 0.152. The van der Waals surface area contributed by atoms with E-state index >= 15 is 0 Å². The zero-order valence-electron chi connectivity index (χ0n) is 16.7. The first-order chi connectivity index (χ1) is 13.4. The Kier molecular flexibility index (Phi) is 7.93. The number of nitrogens with one attached hydrogen (secondary N) is 2. The van der Waals surface area contributed by atoms with Crippen LogP contribution in [0.15, 0.2) is 48.5 Å². The minimum absolute atomic E-state index is 0.0437. The monoisotopic (exact) mass is 380 g/mol. The van der Waals surface area contributed by atoms with Gasteiger partial charge in [-0.1, -0.05) is 38.1 Å². The van der Waals surface area contributed by atoms with Gasteiger partial charge in [0.25, 0.3) is 5.91 Å². The fourth-order valence-corrected chi connectivity index (χ4v) is 2.86. The van der Waals surface area contributed by atoms with Crippen LogP contribution in [-0.4, -0.2) is 24.1 Å². The molecule has 2 rings (SSSR count). The molecule has 2 N–H and O–H groups in total. The molecule has 0 aliphatic heterocycles. The molecule has 0 aliphatic rings. The number of anilines is 1. The summed E-state index contributed by atoms with van der Waals surface area (Å²) in [7, 11) is 0. The summed E-state index contributed by atoms with van der Waals surface area (Å²) < 4.78 is 0. The lowest BCUT2D eigenvalue weighted by atomic mass is 9.99. The molecule has 5 heteroatoms. The first-order valence-electron chi connectivity index (χ1n) is 9.69. The van der Waals surface area contributed by atoms with E-state index in [2.05, 4.69) is 24.5 Å². The summed E-state index contributed by atoms with van der Waals surface area (Å²) in [6.07, 6.45) is 1.26. The van der Waals surface area contributed by atoms with E-state index in [-0.39, 0.29) is 30.4 Å². The Balaban J connectivity index is 1.83. The van der Waals surface area contributed by atoms with Crippen LogP contribution < -0.4 is 10.6 Å². The van der Waals surface area contributed by atoms with Crippen molar-refractivity contribution in [3.05, 3.63) is 65.2 Å². The number of hydrogen-bond acceptors (Lipinski definition) is 3. The zero-order chi connectivity index (χ0) is 20.5. The minimum atomic E-state index is -0.226. The van der Waals surface area contributed by atoms with E-state index in [4.69, 9.17) is 0 Å². The van der Waals surface area contributed by atoms with E-state index in [9.17, 15) is 14.4 Å². The molecule has 148 valence electrons. The SMILES string of the molecule is CCNC(=O)c1ccc(NC(=O)CCC(=O)c2ccc(CC(C)C)cc2)cc1. The van der Waals surface area contributed by atoms with Gasteiger partial charge in [-0.2, -0.15) is 0 Å². The maximum Gasteiger partial charge on any atom is 0.251 e. The molecule has 0 radical (unpaired) electrons. The molecule has 2 amide bonds. The van der Waals surface area contributed by atoms with Crippen LogP contribution in [0, 0.1) is 5.92 Å². The Morgan fingerprint density at radius 2 is 1.46 bits per heavy atom. The van der Waals surface area contributed by atoms with Crippen molar-refractivity contribution in [2.45, 2.75) is 40.0 Å². The van der Waals surface area contributed by atoms with Gasteiger partial charge in [0, 0.05) is 36.2 Å². The molecule has 0 spiro atoms. The van der Waals surface area contributed by atoms with Gasteiger partial charge in [-0.25, -0.2) is 0 Å². The highest BCUT2D eigenvalue weighted by Crippen LogP contribution is 2.13. The van der Waals surface area contributed by atoms with Crippen LogP contribution in [-0.2, 0) is 11.2 Å². The van der Waals surface area contributed by atoms with Gasteiger partial charge in [0.15, 0.2) is 5.78 Å². The predicted molar refractivity (Wildman–Crippen MR) is 112 cm³/mol. The number of carbonyl (C=O) groups is 3. The highest BCUT2D eigenvalue weighted by atomic mass is 16.2. The Morgan fingerprint density at radius 1 is 0.857 bits per heavy atom. The van der Waals surface area contributed by atoms with Gasteiger partial charge < -0.3 is 10.6 Å². The van der Waals surface area contributed by atoms with Crippen LogP contribution in [0.25, 0.3) is 0 Å². The van der Waals surface area contributed by atoms with Crippen molar-refractivity contribution < 1.29 is 14.4 Å². The van der Waals surface area contributed by atoms with Crippen LogP contribution in [0.1, 0.15) is 59.9 Å². The normalized spacial score (nSPS) is 10.6. The summed E-state index contributed by atoms with van der Waals surface area (Å²) in [4.78, 5) is 36.1. The predicted octanol–water partition coefficient (Wildman–Crippen LogP) is 4.24. The van der Waals surface area contributed by atoms with E-state index < -0.39 is 0 Å². The molecule has 0 heterocycles. The number of carbonyl (C=O) groups excluding carboxylic acids is 3. The lowest BCUT2D eigenvalue weighted by Crippen LogP contribution is -2.22. The first kappa shape index (κ1) is 21.4. The van der Waals surface area contributed by atoms with Crippen molar-refractivity contribution in [2.24, 2.45) is 5.92 Å². The molecule has 0 atom stereocenters.